The van der Waals surface area contributed by atoms with E-state index in [9.17, 15) is 8.42 Å². The Morgan fingerprint density at radius 2 is 1.47 bits per heavy atom. The molecule has 2 saturated heterocycles. The fraction of sp³-hybridized carbons (Fsp3) is 0.308. The largest absolute Gasteiger partial charge is 0.375 e. The SMILES string of the molecule is Cc1ccc([C@H]2CN(S(=O)(=O)c3ccc(C)cc3)C3(COC3)N2Cc2ccccc2)cc1. The van der Waals surface area contributed by atoms with Crippen molar-refractivity contribution in [1.82, 2.24) is 9.21 Å². The zero-order chi connectivity index (χ0) is 22.3. The second-order valence-corrected chi connectivity index (χ2v) is 10.7. The first-order valence-electron chi connectivity index (χ1n) is 10.9. The van der Waals surface area contributed by atoms with Crippen LogP contribution in [0.3, 0.4) is 0 Å². The molecule has 2 aliphatic heterocycles. The lowest BCUT2D eigenvalue weighted by Crippen LogP contribution is -2.67. The monoisotopic (exact) mass is 448 g/mol. The second-order valence-electron chi connectivity index (χ2n) is 8.86. The molecular weight excluding hydrogens is 420 g/mol. The molecule has 0 unspecified atom stereocenters. The summed E-state index contributed by atoms with van der Waals surface area (Å²) in [6, 6.07) is 25.7. The molecule has 0 amide bonds. The molecule has 6 heteroatoms. The van der Waals surface area contributed by atoms with Crippen LogP contribution in [0.2, 0.25) is 0 Å². The molecule has 0 radical (unpaired) electrons. The minimum Gasteiger partial charge on any atom is -0.375 e. The zero-order valence-electron chi connectivity index (χ0n) is 18.4. The summed E-state index contributed by atoms with van der Waals surface area (Å²) < 4.78 is 35.0. The minimum atomic E-state index is -3.69. The Balaban J connectivity index is 1.59. The van der Waals surface area contributed by atoms with Gasteiger partial charge in [-0.15, -0.1) is 0 Å². The highest BCUT2D eigenvalue weighted by molar-refractivity contribution is 7.89. The van der Waals surface area contributed by atoms with E-state index in [4.69, 9.17) is 4.74 Å². The molecule has 0 saturated carbocycles. The van der Waals surface area contributed by atoms with E-state index in [0.29, 0.717) is 31.2 Å². The summed E-state index contributed by atoms with van der Waals surface area (Å²) in [4.78, 5) is 2.65. The van der Waals surface area contributed by atoms with Gasteiger partial charge in [-0.3, -0.25) is 4.90 Å². The fourth-order valence-electron chi connectivity index (χ4n) is 4.72. The predicted octanol–water partition coefficient (Wildman–Crippen LogP) is 4.28. The van der Waals surface area contributed by atoms with Crippen LogP contribution in [0.25, 0.3) is 0 Å². The quantitative estimate of drug-likeness (QED) is 0.585. The summed E-state index contributed by atoms with van der Waals surface area (Å²) in [5.74, 6) is 0. The number of sulfonamides is 1. The van der Waals surface area contributed by atoms with Gasteiger partial charge in [-0.2, -0.15) is 4.31 Å². The van der Waals surface area contributed by atoms with Crippen LogP contribution in [0.15, 0.2) is 83.8 Å². The lowest BCUT2D eigenvalue weighted by molar-refractivity contribution is -0.172. The minimum absolute atomic E-state index is 0.0556. The van der Waals surface area contributed by atoms with E-state index < -0.39 is 15.7 Å². The van der Waals surface area contributed by atoms with E-state index in [1.165, 1.54) is 5.56 Å². The summed E-state index contributed by atoms with van der Waals surface area (Å²) in [5.41, 5.74) is 3.82. The molecule has 3 aromatic carbocycles. The van der Waals surface area contributed by atoms with Gasteiger partial charge in [-0.1, -0.05) is 77.9 Å². The Hall–Kier alpha value is -2.51. The van der Waals surface area contributed by atoms with Crippen LogP contribution in [-0.4, -0.2) is 43.0 Å². The zero-order valence-corrected chi connectivity index (χ0v) is 19.3. The van der Waals surface area contributed by atoms with Crippen LogP contribution < -0.4 is 0 Å². The van der Waals surface area contributed by atoms with Gasteiger partial charge in [0.05, 0.1) is 24.2 Å². The van der Waals surface area contributed by atoms with Crippen molar-refractivity contribution in [2.45, 2.75) is 37.0 Å². The van der Waals surface area contributed by atoms with Crippen molar-refractivity contribution in [2.24, 2.45) is 0 Å². The van der Waals surface area contributed by atoms with Crippen LogP contribution in [-0.2, 0) is 21.3 Å². The van der Waals surface area contributed by atoms with Crippen molar-refractivity contribution in [2.75, 3.05) is 19.8 Å². The molecule has 2 aliphatic rings. The summed E-state index contributed by atoms with van der Waals surface area (Å²) in [6.45, 7) is 5.82. The Morgan fingerprint density at radius 1 is 0.875 bits per heavy atom. The molecule has 5 nitrogen and oxygen atoms in total. The molecule has 2 fully saturated rings. The molecule has 32 heavy (non-hydrogen) atoms. The normalized spacial score (nSPS) is 21.0. The molecule has 0 aliphatic carbocycles. The van der Waals surface area contributed by atoms with Gasteiger partial charge in [0.25, 0.3) is 0 Å². The maximum absolute atomic E-state index is 13.8. The molecule has 166 valence electrons. The van der Waals surface area contributed by atoms with E-state index in [0.717, 1.165) is 16.7 Å². The first-order valence-corrected chi connectivity index (χ1v) is 12.4. The number of hydrogen-bond acceptors (Lipinski definition) is 4. The Morgan fingerprint density at radius 3 is 2.03 bits per heavy atom. The van der Waals surface area contributed by atoms with E-state index in [2.05, 4.69) is 48.2 Å². The third-order valence-electron chi connectivity index (χ3n) is 6.65. The van der Waals surface area contributed by atoms with E-state index in [1.54, 1.807) is 16.4 Å². The number of nitrogens with zero attached hydrogens (tertiary/aromatic N) is 2. The Kier molecular flexibility index (Phi) is 5.42. The van der Waals surface area contributed by atoms with Gasteiger partial charge in [0.1, 0.15) is 5.66 Å². The summed E-state index contributed by atoms with van der Waals surface area (Å²) in [7, 11) is -3.69. The molecule has 0 aromatic heterocycles. The highest BCUT2D eigenvalue weighted by atomic mass is 32.2. The van der Waals surface area contributed by atoms with Crippen LogP contribution in [0, 0.1) is 13.8 Å². The summed E-state index contributed by atoms with van der Waals surface area (Å²) in [5, 5.41) is 0. The van der Waals surface area contributed by atoms with E-state index >= 15 is 0 Å². The topological polar surface area (TPSA) is 49.9 Å². The number of aryl methyl sites for hydroxylation is 2. The summed E-state index contributed by atoms with van der Waals surface area (Å²) >= 11 is 0. The highest BCUT2D eigenvalue weighted by Crippen LogP contribution is 2.47. The van der Waals surface area contributed by atoms with Gasteiger partial charge < -0.3 is 4.74 Å². The van der Waals surface area contributed by atoms with Crippen LogP contribution in [0.4, 0.5) is 0 Å². The number of benzene rings is 3. The van der Waals surface area contributed by atoms with Gasteiger partial charge in [-0.05, 0) is 37.1 Å². The molecule has 1 spiro atoms. The van der Waals surface area contributed by atoms with Crippen molar-refractivity contribution in [3.05, 3.63) is 101 Å². The second kappa shape index (κ2) is 8.12. The van der Waals surface area contributed by atoms with Crippen LogP contribution >= 0.6 is 0 Å². The number of ether oxygens (including phenoxy) is 1. The van der Waals surface area contributed by atoms with Gasteiger partial charge >= 0.3 is 0 Å². The third kappa shape index (κ3) is 3.57. The number of rotatable bonds is 5. The van der Waals surface area contributed by atoms with E-state index in [1.807, 2.05) is 37.3 Å². The Bertz CT molecular complexity index is 1190. The van der Waals surface area contributed by atoms with Gasteiger partial charge in [0.15, 0.2) is 0 Å². The van der Waals surface area contributed by atoms with Crippen LogP contribution in [0.1, 0.15) is 28.3 Å². The first-order chi connectivity index (χ1) is 15.4. The average molecular weight is 449 g/mol. The maximum Gasteiger partial charge on any atom is 0.244 e. The van der Waals surface area contributed by atoms with Gasteiger partial charge in [0.2, 0.25) is 10.0 Å². The highest BCUT2D eigenvalue weighted by Gasteiger charge is 2.61. The fourth-order valence-corrected chi connectivity index (χ4v) is 6.45. The molecule has 3 aromatic rings. The average Bonchev–Trinajstić information content (AvgIpc) is 3.11. The molecule has 0 bridgehead atoms. The van der Waals surface area contributed by atoms with Crippen molar-refractivity contribution >= 4 is 10.0 Å². The number of hydrogen-bond donors (Lipinski definition) is 0. The molecule has 5 rings (SSSR count). The first kappa shape index (κ1) is 21.3. The molecule has 0 N–H and O–H groups in total. The van der Waals surface area contributed by atoms with Crippen molar-refractivity contribution < 1.29 is 13.2 Å². The van der Waals surface area contributed by atoms with Crippen molar-refractivity contribution in [1.29, 1.82) is 0 Å². The van der Waals surface area contributed by atoms with Gasteiger partial charge in [0, 0.05) is 13.1 Å². The molecular formula is C26H28N2O3S. The van der Waals surface area contributed by atoms with Gasteiger partial charge in [-0.25, -0.2) is 8.42 Å². The predicted molar refractivity (Wildman–Crippen MR) is 125 cm³/mol. The maximum atomic E-state index is 13.8. The third-order valence-corrected chi connectivity index (χ3v) is 8.58. The van der Waals surface area contributed by atoms with E-state index in [-0.39, 0.29) is 6.04 Å². The summed E-state index contributed by atoms with van der Waals surface area (Å²) in [6.07, 6.45) is 0. The lowest BCUT2D eigenvalue weighted by atomic mass is 10.0. The molecule has 2 heterocycles. The van der Waals surface area contributed by atoms with Crippen LogP contribution in [0.5, 0.6) is 0 Å². The Labute approximate surface area is 190 Å². The van der Waals surface area contributed by atoms with Crippen molar-refractivity contribution in [3.63, 3.8) is 0 Å². The smallest absolute Gasteiger partial charge is 0.244 e. The standard InChI is InChI=1S/C26H28N2O3S/c1-20-8-12-23(13-9-20)25-17-28(32(29,30)24-14-10-21(2)11-15-24)26(18-31-19-26)27(25)16-22-6-4-3-5-7-22/h3-15,25H,16-19H2,1-2H3/t25-/m1/s1. The lowest BCUT2D eigenvalue weighted by Gasteiger charge is -2.49. The molecule has 1 atom stereocenters. The van der Waals surface area contributed by atoms with Crippen molar-refractivity contribution in [3.8, 4) is 0 Å².